The second-order valence-electron chi connectivity index (χ2n) is 5.74. The Morgan fingerprint density at radius 3 is 2.58 bits per heavy atom. The predicted molar refractivity (Wildman–Crippen MR) is 89.5 cm³/mol. The van der Waals surface area contributed by atoms with Crippen molar-refractivity contribution < 1.29 is 14.0 Å². The number of hydrogen-bond acceptors (Lipinski definition) is 2. The van der Waals surface area contributed by atoms with E-state index >= 15 is 0 Å². The lowest BCUT2D eigenvalue weighted by molar-refractivity contribution is -0.121. The molecule has 5 heteroatoms. The molecule has 122 valence electrons. The monoisotopic (exact) mass is 324 g/mol. The first-order valence-corrected chi connectivity index (χ1v) is 7.59. The molecule has 0 saturated heterocycles. The Morgan fingerprint density at radius 1 is 1.21 bits per heavy atom. The van der Waals surface area contributed by atoms with Crippen molar-refractivity contribution in [2.75, 3.05) is 6.54 Å². The van der Waals surface area contributed by atoms with E-state index in [1.165, 1.54) is 11.0 Å². The van der Waals surface area contributed by atoms with Crippen LogP contribution in [0.25, 0.3) is 5.70 Å². The van der Waals surface area contributed by atoms with Gasteiger partial charge >= 0.3 is 0 Å². The number of carbonyl (C=O) groups is 2. The van der Waals surface area contributed by atoms with Crippen LogP contribution in [0.5, 0.6) is 0 Å². The summed E-state index contributed by atoms with van der Waals surface area (Å²) in [5, 5.41) is 2.70. The van der Waals surface area contributed by atoms with E-state index in [1.807, 2.05) is 12.1 Å². The Kier molecular flexibility index (Phi) is 4.16. The summed E-state index contributed by atoms with van der Waals surface area (Å²) >= 11 is 0. The number of nitrogens with zero attached hydrogens (tertiary/aromatic N) is 1. The summed E-state index contributed by atoms with van der Waals surface area (Å²) in [7, 11) is 0. The average molecular weight is 324 g/mol. The van der Waals surface area contributed by atoms with Crippen LogP contribution < -0.4 is 5.32 Å². The van der Waals surface area contributed by atoms with Gasteiger partial charge in [0.05, 0.1) is 0 Å². The molecule has 24 heavy (non-hydrogen) atoms. The summed E-state index contributed by atoms with van der Waals surface area (Å²) in [4.78, 5) is 25.8. The molecule has 0 aromatic heterocycles. The van der Waals surface area contributed by atoms with Crippen LogP contribution >= 0.6 is 0 Å². The number of carbonyl (C=O) groups excluding carboxylic acids is 2. The van der Waals surface area contributed by atoms with Crippen LogP contribution in [0.4, 0.5) is 4.39 Å². The van der Waals surface area contributed by atoms with Crippen molar-refractivity contribution in [3.05, 3.63) is 77.1 Å². The van der Waals surface area contributed by atoms with Crippen LogP contribution in [-0.2, 0) is 11.3 Å². The Bertz CT molecular complexity index is 810. The summed E-state index contributed by atoms with van der Waals surface area (Å²) < 4.78 is 13.5. The lowest BCUT2D eigenvalue weighted by atomic mass is 10.1. The van der Waals surface area contributed by atoms with E-state index in [0.717, 1.165) is 5.56 Å². The number of hydrogen-bond donors (Lipinski definition) is 1. The van der Waals surface area contributed by atoms with Gasteiger partial charge in [-0.05, 0) is 30.2 Å². The third kappa shape index (κ3) is 2.93. The maximum atomic E-state index is 13.5. The van der Waals surface area contributed by atoms with Gasteiger partial charge in [-0.3, -0.25) is 14.5 Å². The van der Waals surface area contributed by atoms with Crippen molar-refractivity contribution in [3.8, 4) is 0 Å². The number of rotatable bonds is 4. The second-order valence-corrected chi connectivity index (χ2v) is 5.74. The van der Waals surface area contributed by atoms with Crippen LogP contribution in [0.2, 0.25) is 0 Å². The van der Waals surface area contributed by atoms with Gasteiger partial charge in [0.25, 0.3) is 5.91 Å². The highest BCUT2D eigenvalue weighted by Gasteiger charge is 2.31. The summed E-state index contributed by atoms with van der Waals surface area (Å²) in [6.07, 6.45) is 0. The van der Waals surface area contributed by atoms with Crippen molar-refractivity contribution in [1.82, 2.24) is 10.2 Å². The molecule has 0 fully saturated rings. The molecule has 2 aromatic carbocycles. The Hall–Kier alpha value is -2.95. The van der Waals surface area contributed by atoms with E-state index < -0.39 is 0 Å². The number of benzene rings is 2. The third-order valence-corrected chi connectivity index (χ3v) is 4.07. The molecule has 1 aliphatic heterocycles. The maximum absolute atomic E-state index is 13.5. The molecular weight excluding hydrogens is 307 g/mol. The molecule has 0 unspecified atom stereocenters. The first-order valence-electron chi connectivity index (χ1n) is 7.59. The van der Waals surface area contributed by atoms with Crippen LogP contribution in [0.1, 0.15) is 27.0 Å². The normalized spacial score (nSPS) is 13.2. The van der Waals surface area contributed by atoms with E-state index in [2.05, 4.69) is 11.9 Å². The molecule has 0 saturated carbocycles. The number of amides is 2. The SMILES string of the molecule is C=C1c2ccccc2C(=O)N1CC(=O)NCc1ccc(C)c(F)c1. The number of aryl methyl sites for hydroxylation is 1. The van der Waals surface area contributed by atoms with E-state index in [9.17, 15) is 14.0 Å². The molecule has 1 aliphatic rings. The van der Waals surface area contributed by atoms with Gasteiger partial charge in [-0.15, -0.1) is 0 Å². The molecular formula is C19H17FN2O2. The van der Waals surface area contributed by atoms with Gasteiger partial charge < -0.3 is 5.32 Å². The summed E-state index contributed by atoms with van der Waals surface area (Å²) in [6.45, 7) is 5.67. The van der Waals surface area contributed by atoms with Gasteiger partial charge in [0.2, 0.25) is 5.91 Å². The Morgan fingerprint density at radius 2 is 1.92 bits per heavy atom. The van der Waals surface area contributed by atoms with Gasteiger partial charge in [-0.2, -0.15) is 0 Å². The number of nitrogens with one attached hydrogen (secondary N) is 1. The van der Waals surface area contributed by atoms with E-state index in [0.29, 0.717) is 22.4 Å². The molecule has 1 N–H and O–H groups in total. The minimum Gasteiger partial charge on any atom is -0.350 e. The number of halogens is 1. The average Bonchev–Trinajstić information content (AvgIpc) is 2.81. The molecule has 2 aromatic rings. The van der Waals surface area contributed by atoms with E-state index in [1.54, 1.807) is 31.2 Å². The van der Waals surface area contributed by atoms with Crippen molar-refractivity contribution in [2.24, 2.45) is 0 Å². The highest BCUT2D eigenvalue weighted by Crippen LogP contribution is 2.30. The van der Waals surface area contributed by atoms with Gasteiger partial charge in [0.1, 0.15) is 12.4 Å². The van der Waals surface area contributed by atoms with Crippen LogP contribution in [-0.4, -0.2) is 23.3 Å². The zero-order valence-electron chi connectivity index (χ0n) is 13.3. The van der Waals surface area contributed by atoms with Crippen molar-refractivity contribution in [1.29, 1.82) is 0 Å². The standard InChI is InChI=1S/C19H17FN2O2/c1-12-7-8-14(9-17(12)20)10-21-18(23)11-22-13(2)15-5-3-4-6-16(15)19(22)24/h3-9H,2,10-11H2,1H3,(H,21,23). The molecule has 0 aliphatic carbocycles. The third-order valence-electron chi connectivity index (χ3n) is 4.07. The topological polar surface area (TPSA) is 49.4 Å². The molecule has 0 bridgehead atoms. The highest BCUT2D eigenvalue weighted by atomic mass is 19.1. The zero-order chi connectivity index (χ0) is 17.3. The summed E-state index contributed by atoms with van der Waals surface area (Å²) in [6, 6.07) is 11.9. The Labute approximate surface area is 139 Å². The molecule has 0 radical (unpaired) electrons. The molecule has 4 nitrogen and oxygen atoms in total. The fourth-order valence-electron chi connectivity index (χ4n) is 2.65. The Balaban J connectivity index is 1.63. The van der Waals surface area contributed by atoms with Crippen LogP contribution in [0.3, 0.4) is 0 Å². The molecule has 0 spiro atoms. The molecule has 1 heterocycles. The van der Waals surface area contributed by atoms with E-state index in [4.69, 9.17) is 0 Å². The van der Waals surface area contributed by atoms with Gasteiger partial charge in [-0.1, -0.05) is 36.9 Å². The van der Waals surface area contributed by atoms with Crippen molar-refractivity contribution in [2.45, 2.75) is 13.5 Å². The zero-order valence-corrected chi connectivity index (χ0v) is 13.3. The molecule has 2 amide bonds. The quantitative estimate of drug-likeness (QED) is 0.940. The van der Waals surface area contributed by atoms with Crippen LogP contribution in [0.15, 0.2) is 49.0 Å². The largest absolute Gasteiger partial charge is 0.350 e. The first kappa shape index (κ1) is 15.9. The van der Waals surface area contributed by atoms with Crippen molar-refractivity contribution in [3.63, 3.8) is 0 Å². The lowest BCUT2D eigenvalue weighted by Crippen LogP contribution is -2.36. The summed E-state index contributed by atoms with van der Waals surface area (Å²) in [5.74, 6) is -0.856. The van der Waals surface area contributed by atoms with E-state index in [-0.39, 0.29) is 30.7 Å². The highest BCUT2D eigenvalue weighted by molar-refractivity contribution is 6.10. The smallest absolute Gasteiger partial charge is 0.259 e. The summed E-state index contributed by atoms with van der Waals surface area (Å²) in [5.41, 5.74) is 3.04. The minimum absolute atomic E-state index is 0.110. The second kappa shape index (κ2) is 6.28. The first-order chi connectivity index (χ1) is 11.5. The predicted octanol–water partition coefficient (Wildman–Crippen LogP) is 2.88. The number of fused-ring (bicyclic) bond motifs is 1. The fourth-order valence-corrected chi connectivity index (χ4v) is 2.65. The van der Waals surface area contributed by atoms with Gasteiger partial charge in [0, 0.05) is 23.4 Å². The van der Waals surface area contributed by atoms with Crippen LogP contribution in [0, 0.1) is 12.7 Å². The maximum Gasteiger partial charge on any atom is 0.259 e. The molecule has 3 rings (SSSR count). The minimum atomic E-state index is -0.321. The lowest BCUT2D eigenvalue weighted by Gasteiger charge is -2.17. The van der Waals surface area contributed by atoms with Gasteiger partial charge in [0.15, 0.2) is 0 Å². The van der Waals surface area contributed by atoms with Gasteiger partial charge in [-0.25, -0.2) is 4.39 Å². The molecule has 0 atom stereocenters. The van der Waals surface area contributed by atoms with Crippen molar-refractivity contribution >= 4 is 17.5 Å². The fraction of sp³-hybridized carbons (Fsp3) is 0.158.